The van der Waals surface area contributed by atoms with Crippen LogP contribution in [0.1, 0.15) is 23.2 Å². The van der Waals surface area contributed by atoms with Gasteiger partial charge in [0.15, 0.2) is 9.84 Å². The molecule has 0 saturated carbocycles. The summed E-state index contributed by atoms with van der Waals surface area (Å²) in [5.41, 5.74) is 0.327. The van der Waals surface area contributed by atoms with E-state index >= 15 is 0 Å². The summed E-state index contributed by atoms with van der Waals surface area (Å²) in [5.74, 6) is -0.557. The van der Waals surface area contributed by atoms with Gasteiger partial charge in [-0.25, -0.2) is 21.6 Å². The fourth-order valence-electron chi connectivity index (χ4n) is 2.90. The SMILES string of the molecule is CS(=O)(=O)c1ccc(Cl)c(NC(=O)c2ccc(S(=O)(=O)NC[C@@H]3CCCO3)cc2)c1. The summed E-state index contributed by atoms with van der Waals surface area (Å²) in [6.07, 6.45) is 2.64. The van der Waals surface area contributed by atoms with Crippen LogP contribution in [0.3, 0.4) is 0 Å². The predicted octanol–water partition coefficient (Wildman–Crippen LogP) is 2.45. The Kier molecular flexibility index (Phi) is 6.83. The van der Waals surface area contributed by atoms with Crippen molar-refractivity contribution in [3.05, 3.63) is 53.1 Å². The number of halogens is 1. The Morgan fingerprint density at radius 2 is 1.77 bits per heavy atom. The van der Waals surface area contributed by atoms with Gasteiger partial charge in [0.2, 0.25) is 10.0 Å². The van der Waals surface area contributed by atoms with E-state index < -0.39 is 25.8 Å². The molecule has 11 heteroatoms. The van der Waals surface area contributed by atoms with Gasteiger partial charge in [0, 0.05) is 25.0 Å². The monoisotopic (exact) mass is 472 g/mol. The lowest BCUT2D eigenvalue weighted by Gasteiger charge is -2.12. The lowest BCUT2D eigenvalue weighted by atomic mass is 10.2. The van der Waals surface area contributed by atoms with Crippen molar-refractivity contribution in [3.8, 4) is 0 Å². The van der Waals surface area contributed by atoms with Gasteiger partial charge in [-0.1, -0.05) is 11.6 Å². The van der Waals surface area contributed by atoms with E-state index in [2.05, 4.69) is 10.0 Å². The summed E-state index contributed by atoms with van der Waals surface area (Å²) in [4.78, 5) is 12.5. The van der Waals surface area contributed by atoms with Crippen molar-refractivity contribution in [3.63, 3.8) is 0 Å². The Balaban J connectivity index is 1.71. The van der Waals surface area contributed by atoms with Crippen LogP contribution in [0, 0.1) is 0 Å². The molecule has 0 radical (unpaired) electrons. The largest absolute Gasteiger partial charge is 0.377 e. The third-order valence-electron chi connectivity index (χ3n) is 4.57. The first-order valence-corrected chi connectivity index (χ1v) is 12.8. The molecule has 2 aromatic carbocycles. The van der Waals surface area contributed by atoms with Crippen molar-refractivity contribution in [2.24, 2.45) is 0 Å². The lowest BCUT2D eigenvalue weighted by molar-refractivity contribution is 0.102. The average Bonchev–Trinajstić information content (AvgIpc) is 3.21. The molecule has 0 unspecified atom stereocenters. The molecule has 0 bridgehead atoms. The smallest absolute Gasteiger partial charge is 0.255 e. The average molecular weight is 473 g/mol. The Hall–Kier alpha value is -1.98. The number of hydrogen-bond acceptors (Lipinski definition) is 6. The molecule has 1 fully saturated rings. The van der Waals surface area contributed by atoms with Gasteiger partial charge < -0.3 is 10.1 Å². The molecule has 0 aromatic heterocycles. The molecule has 1 heterocycles. The number of nitrogens with one attached hydrogen (secondary N) is 2. The Morgan fingerprint density at radius 3 is 2.37 bits per heavy atom. The standard InChI is InChI=1S/C19H21ClN2O6S2/c1-29(24,25)16-8-9-17(20)18(11-16)22-19(23)13-4-6-15(7-5-13)30(26,27)21-12-14-3-2-10-28-14/h4-9,11,14,21H,2-3,10,12H2,1H3,(H,22,23)/t14-/m0/s1. The van der Waals surface area contributed by atoms with Crippen LogP contribution in [0.5, 0.6) is 0 Å². The third kappa shape index (κ3) is 5.58. The van der Waals surface area contributed by atoms with E-state index in [-0.39, 0.29) is 38.7 Å². The van der Waals surface area contributed by atoms with E-state index in [1.54, 1.807) is 0 Å². The minimum Gasteiger partial charge on any atom is -0.377 e. The summed E-state index contributed by atoms with van der Waals surface area (Å²) in [6.45, 7) is 0.826. The molecule has 1 atom stereocenters. The maximum Gasteiger partial charge on any atom is 0.255 e. The van der Waals surface area contributed by atoms with Crippen LogP contribution in [0.15, 0.2) is 52.3 Å². The topological polar surface area (TPSA) is 119 Å². The van der Waals surface area contributed by atoms with E-state index in [9.17, 15) is 21.6 Å². The van der Waals surface area contributed by atoms with E-state index in [1.165, 1.54) is 42.5 Å². The fraction of sp³-hybridized carbons (Fsp3) is 0.316. The summed E-state index contributed by atoms with van der Waals surface area (Å²) < 4.78 is 56.1. The highest BCUT2D eigenvalue weighted by Gasteiger charge is 2.21. The minimum atomic E-state index is -3.73. The molecule has 1 amide bonds. The Labute approximate surface area is 180 Å². The zero-order valence-corrected chi connectivity index (χ0v) is 18.5. The summed E-state index contributed by atoms with van der Waals surface area (Å²) in [6, 6.07) is 9.36. The first-order chi connectivity index (χ1) is 14.1. The van der Waals surface area contributed by atoms with Crippen molar-refractivity contribution in [1.29, 1.82) is 0 Å². The highest BCUT2D eigenvalue weighted by molar-refractivity contribution is 7.90. The van der Waals surface area contributed by atoms with Gasteiger partial charge >= 0.3 is 0 Å². The third-order valence-corrected chi connectivity index (χ3v) is 7.45. The number of anilines is 1. The second-order valence-electron chi connectivity index (χ2n) is 6.88. The summed E-state index contributed by atoms with van der Waals surface area (Å²) in [5, 5.41) is 2.72. The van der Waals surface area contributed by atoms with Crippen molar-refractivity contribution in [2.75, 3.05) is 24.7 Å². The van der Waals surface area contributed by atoms with Gasteiger partial charge in [0.05, 0.1) is 26.6 Å². The molecule has 0 spiro atoms. The first-order valence-electron chi connectivity index (χ1n) is 9.08. The number of benzene rings is 2. The Morgan fingerprint density at radius 1 is 1.10 bits per heavy atom. The summed E-state index contributed by atoms with van der Waals surface area (Å²) >= 11 is 6.04. The molecule has 30 heavy (non-hydrogen) atoms. The minimum absolute atomic E-state index is 0.0148. The van der Waals surface area contributed by atoms with Gasteiger partial charge in [-0.05, 0) is 55.3 Å². The molecule has 162 valence electrons. The highest BCUT2D eigenvalue weighted by Crippen LogP contribution is 2.26. The molecule has 1 saturated heterocycles. The van der Waals surface area contributed by atoms with Crippen molar-refractivity contribution < 1.29 is 26.4 Å². The zero-order chi connectivity index (χ0) is 21.9. The molecule has 3 rings (SSSR count). The van der Waals surface area contributed by atoms with Gasteiger partial charge in [-0.3, -0.25) is 4.79 Å². The van der Waals surface area contributed by atoms with Gasteiger partial charge in [-0.2, -0.15) is 0 Å². The molecule has 1 aliphatic heterocycles. The first kappa shape index (κ1) is 22.7. The normalized spacial score (nSPS) is 17.1. The number of carbonyl (C=O) groups excluding carboxylic acids is 1. The van der Waals surface area contributed by atoms with Crippen LogP contribution in [-0.2, 0) is 24.6 Å². The van der Waals surface area contributed by atoms with Crippen LogP contribution >= 0.6 is 11.6 Å². The van der Waals surface area contributed by atoms with E-state index in [0.717, 1.165) is 19.1 Å². The summed E-state index contributed by atoms with van der Waals surface area (Å²) in [7, 11) is -7.20. The number of rotatable bonds is 7. The van der Waals surface area contributed by atoms with Crippen molar-refractivity contribution in [2.45, 2.75) is 28.7 Å². The van der Waals surface area contributed by atoms with Crippen LogP contribution in [0.4, 0.5) is 5.69 Å². The molecular formula is C19H21ClN2O6S2. The molecule has 8 nitrogen and oxygen atoms in total. The van der Waals surface area contributed by atoms with E-state index in [4.69, 9.17) is 16.3 Å². The second-order valence-corrected chi connectivity index (χ2v) is 11.1. The molecule has 2 N–H and O–H groups in total. The second kappa shape index (κ2) is 9.03. The maximum atomic E-state index is 12.5. The quantitative estimate of drug-likeness (QED) is 0.638. The van der Waals surface area contributed by atoms with Crippen LogP contribution in [0.25, 0.3) is 0 Å². The number of amides is 1. The van der Waals surface area contributed by atoms with Gasteiger partial charge in [0.1, 0.15) is 0 Å². The van der Waals surface area contributed by atoms with Crippen LogP contribution in [-0.4, -0.2) is 48.3 Å². The fourth-order valence-corrected chi connectivity index (χ4v) is 4.78. The van der Waals surface area contributed by atoms with Crippen molar-refractivity contribution >= 4 is 43.1 Å². The predicted molar refractivity (Wildman–Crippen MR) is 113 cm³/mol. The lowest BCUT2D eigenvalue weighted by Crippen LogP contribution is -2.31. The number of hydrogen-bond donors (Lipinski definition) is 2. The molecule has 1 aliphatic rings. The van der Waals surface area contributed by atoms with Crippen LogP contribution < -0.4 is 10.0 Å². The Bertz CT molecular complexity index is 1140. The van der Waals surface area contributed by atoms with E-state index in [1.807, 2.05) is 0 Å². The van der Waals surface area contributed by atoms with Crippen molar-refractivity contribution in [1.82, 2.24) is 4.72 Å². The van der Waals surface area contributed by atoms with Crippen LogP contribution in [0.2, 0.25) is 5.02 Å². The molecular weight excluding hydrogens is 452 g/mol. The number of ether oxygens (including phenoxy) is 1. The number of carbonyl (C=O) groups is 1. The zero-order valence-electron chi connectivity index (χ0n) is 16.1. The number of sulfone groups is 1. The molecule has 0 aliphatic carbocycles. The van der Waals surface area contributed by atoms with Gasteiger partial charge in [0.25, 0.3) is 5.91 Å². The number of sulfonamides is 1. The maximum absolute atomic E-state index is 12.5. The van der Waals surface area contributed by atoms with Gasteiger partial charge in [-0.15, -0.1) is 0 Å². The molecule has 2 aromatic rings. The highest BCUT2D eigenvalue weighted by atomic mass is 35.5. The van der Waals surface area contributed by atoms with E-state index in [0.29, 0.717) is 6.61 Å².